The van der Waals surface area contributed by atoms with Gasteiger partial charge < -0.3 is 10.1 Å². The summed E-state index contributed by atoms with van der Waals surface area (Å²) in [5.74, 6) is 0.207. The Morgan fingerprint density at radius 2 is 2.04 bits per heavy atom. The van der Waals surface area contributed by atoms with Crippen molar-refractivity contribution in [2.45, 2.75) is 77.0 Å². The van der Waals surface area contributed by atoms with E-state index in [9.17, 15) is 4.79 Å². The van der Waals surface area contributed by atoms with E-state index < -0.39 is 0 Å². The zero-order valence-electron chi connectivity index (χ0n) is 16.2. The van der Waals surface area contributed by atoms with Gasteiger partial charge in [-0.3, -0.25) is 9.69 Å². The van der Waals surface area contributed by atoms with Gasteiger partial charge in [-0.25, -0.2) is 0 Å². The van der Waals surface area contributed by atoms with Crippen molar-refractivity contribution in [2.24, 2.45) is 0 Å². The van der Waals surface area contributed by atoms with Crippen LogP contribution in [0.3, 0.4) is 0 Å². The molecule has 1 aliphatic carbocycles. The van der Waals surface area contributed by atoms with E-state index in [0.717, 1.165) is 51.9 Å². The highest BCUT2D eigenvalue weighted by Crippen LogP contribution is 2.18. The molecular weight excluding hydrogens is 324 g/mol. The molecular formula is C22H34N2O2. The third-order valence-electron chi connectivity index (χ3n) is 5.60. The van der Waals surface area contributed by atoms with Gasteiger partial charge in [-0.1, -0.05) is 49.1 Å². The van der Waals surface area contributed by atoms with Crippen LogP contribution in [0.4, 0.5) is 0 Å². The van der Waals surface area contributed by atoms with E-state index in [0.29, 0.717) is 18.6 Å². The second-order valence-electron chi connectivity index (χ2n) is 8.01. The van der Waals surface area contributed by atoms with Crippen LogP contribution in [0.5, 0.6) is 0 Å². The molecule has 144 valence electrons. The number of hydrogen-bond donors (Lipinski definition) is 1. The molecule has 0 radical (unpaired) electrons. The Morgan fingerprint density at radius 3 is 2.77 bits per heavy atom. The van der Waals surface area contributed by atoms with Gasteiger partial charge in [-0.2, -0.15) is 0 Å². The van der Waals surface area contributed by atoms with E-state index in [-0.39, 0.29) is 5.91 Å². The maximum Gasteiger partial charge on any atom is 0.221 e. The normalized spacial score (nSPS) is 21.2. The smallest absolute Gasteiger partial charge is 0.221 e. The molecule has 1 aromatic rings. The summed E-state index contributed by atoms with van der Waals surface area (Å²) in [6, 6.07) is 9.07. The first-order chi connectivity index (χ1) is 12.7. The van der Waals surface area contributed by atoms with E-state index >= 15 is 0 Å². The molecule has 0 bridgehead atoms. The number of nitrogens with one attached hydrogen (secondary N) is 1. The van der Waals surface area contributed by atoms with Crippen molar-refractivity contribution in [3.05, 3.63) is 35.4 Å². The third kappa shape index (κ3) is 6.40. The second-order valence-corrected chi connectivity index (χ2v) is 8.01. The van der Waals surface area contributed by atoms with Crippen molar-refractivity contribution in [1.82, 2.24) is 10.2 Å². The molecule has 4 heteroatoms. The van der Waals surface area contributed by atoms with Crippen LogP contribution in [0, 0.1) is 6.92 Å². The summed E-state index contributed by atoms with van der Waals surface area (Å²) in [5.41, 5.74) is 2.60. The summed E-state index contributed by atoms with van der Waals surface area (Å²) >= 11 is 0. The molecule has 1 aromatic carbocycles. The van der Waals surface area contributed by atoms with Gasteiger partial charge in [-0.05, 0) is 38.2 Å². The maximum absolute atomic E-state index is 12.4. The van der Waals surface area contributed by atoms with Crippen molar-refractivity contribution in [1.29, 1.82) is 0 Å². The minimum Gasteiger partial charge on any atom is -0.377 e. The average Bonchev–Trinajstić information content (AvgIpc) is 3.14. The Kier molecular flexibility index (Phi) is 7.51. The molecule has 1 aliphatic heterocycles. The molecule has 1 amide bonds. The van der Waals surface area contributed by atoms with Crippen molar-refractivity contribution in [3.8, 4) is 0 Å². The SMILES string of the molecule is Cc1cccc(CN(CCC(=O)NC2CCCCC2)C[C@H]2CCCO2)c1. The van der Waals surface area contributed by atoms with Gasteiger partial charge in [0.25, 0.3) is 0 Å². The van der Waals surface area contributed by atoms with Crippen LogP contribution in [-0.2, 0) is 16.1 Å². The summed E-state index contributed by atoms with van der Waals surface area (Å²) in [6.45, 7) is 5.62. The van der Waals surface area contributed by atoms with Gasteiger partial charge in [0.15, 0.2) is 0 Å². The van der Waals surface area contributed by atoms with Crippen LogP contribution in [-0.4, -0.2) is 42.6 Å². The standard InChI is InChI=1S/C22H34N2O2/c1-18-7-5-8-19(15-18)16-24(17-21-11-6-14-26-21)13-12-22(25)23-20-9-3-2-4-10-20/h5,7-8,15,20-21H,2-4,6,9-14,16-17H2,1H3,(H,23,25)/t21-/m1/s1. The highest BCUT2D eigenvalue weighted by Gasteiger charge is 2.21. The molecule has 2 fully saturated rings. The number of ether oxygens (including phenoxy) is 1. The first kappa shape index (κ1) is 19.4. The van der Waals surface area contributed by atoms with Gasteiger partial charge in [0.05, 0.1) is 6.10 Å². The molecule has 2 aliphatic rings. The predicted octanol–water partition coefficient (Wildman–Crippen LogP) is 3.82. The second kappa shape index (κ2) is 10.1. The molecule has 0 spiro atoms. The topological polar surface area (TPSA) is 41.6 Å². The fraction of sp³-hybridized carbons (Fsp3) is 0.682. The van der Waals surface area contributed by atoms with Crippen LogP contribution in [0.25, 0.3) is 0 Å². The number of carbonyl (C=O) groups excluding carboxylic acids is 1. The number of aryl methyl sites for hydroxylation is 1. The number of rotatable bonds is 8. The molecule has 3 rings (SSSR count). The summed E-state index contributed by atoms with van der Waals surface area (Å²) in [5, 5.41) is 3.24. The minimum atomic E-state index is 0.207. The maximum atomic E-state index is 12.4. The van der Waals surface area contributed by atoms with Gasteiger partial charge in [0.2, 0.25) is 5.91 Å². The van der Waals surface area contributed by atoms with Gasteiger partial charge in [0, 0.05) is 38.7 Å². The first-order valence-corrected chi connectivity index (χ1v) is 10.4. The molecule has 0 unspecified atom stereocenters. The molecule has 1 saturated carbocycles. The Labute approximate surface area is 158 Å². The van der Waals surface area contributed by atoms with Crippen LogP contribution in [0.2, 0.25) is 0 Å². The zero-order valence-corrected chi connectivity index (χ0v) is 16.2. The minimum absolute atomic E-state index is 0.207. The van der Waals surface area contributed by atoms with Gasteiger partial charge >= 0.3 is 0 Å². The number of amides is 1. The fourth-order valence-electron chi connectivity index (χ4n) is 4.19. The molecule has 1 N–H and O–H groups in total. The first-order valence-electron chi connectivity index (χ1n) is 10.4. The Hall–Kier alpha value is -1.39. The van der Waals surface area contributed by atoms with E-state index in [1.807, 2.05) is 0 Å². The Morgan fingerprint density at radius 1 is 1.19 bits per heavy atom. The van der Waals surface area contributed by atoms with Crippen LogP contribution < -0.4 is 5.32 Å². The number of hydrogen-bond acceptors (Lipinski definition) is 3. The van der Waals surface area contributed by atoms with E-state index in [2.05, 4.69) is 41.4 Å². The molecule has 1 atom stereocenters. The average molecular weight is 359 g/mol. The molecule has 1 saturated heterocycles. The number of nitrogens with zero attached hydrogens (tertiary/aromatic N) is 1. The van der Waals surface area contributed by atoms with E-state index in [4.69, 9.17) is 4.74 Å². The van der Waals surface area contributed by atoms with E-state index in [1.165, 1.54) is 30.4 Å². The summed E-state index contributed by atoms with van der Waals surface area (Å²) < 4.78 is 5.83. The van der Waals surface area contributed by atoms with Crippen molar-refractivity contribution in [3.63, 3.8) is 0 Å². The Balaban J connectivity index is 1.51. The van der Waals surface area contributed by atoms with Crippen molar-refractivity contribution < 1.29 is 9.53 Å². The van der Waals surface area contributed by atoms with Gasteiger partial charge in [0.1, 0.15) is 0 Å². The number of benzene rings is 1. The van der Waals surface area contributed by atoms with Crippen molar-refractivity contribution >= 4 is 5.91 Å². The van der Waals surface area contributed by atoms with Crippen LogP contribution in [0.15, 0.2) is 24.3 Å². The lowest BCUT2D eigenvalue weighted by molar-refractivity contribution is -0.122. The highest BCUT2D eigenvalue weighted by atomic mass is 16.5. The highest BCUT2D eigenvalue weighted by molar-refractivity contribution is 5.76. The molecule has 1 heterocycles. The monoisotopic (exact) mass is 358 g/mol. The van der Waals surface area contributed by atoms with Gasteiger partial charge in [-0.15, -0.1) is 0 Å². The lowest BCUT2D eigenvalue weighted by Crippen LogP contribution is -2.39. The largest absolute Gasteiger partial charge is 0.377 e. The fourth-order valence-corrected chi connectivity index (χ4v) is 4.19. The van der Waals surface area contributed by atoms with Crippen molar-refractivity contribution in [2.75, 3.05) is 19.7 Å². The molecule has 4 nitrogen and oxygen atoms in total. The Bertz CT molecular complexity index is 563. The van der Waals surface area contributed by atoms with Crippen LogP contribution >= 0.6 is 0 Å². The summed E-state index contributed by atoms with van der Waals surface area (Å²) in [4.78, 5) is 14.8. The quantitative estimate of drug-likeness (QED) is 0.768. The number of carbonyl (C=O) groups is 1. The molecule has 26 heavy (non-hydrogen) atoms. The third-order valence-corrected chi connectivity index (χ3v) is 5.60. The zero-order chi connectivity index (χ0) is 18.2. The molecule has 0 aromatic heterocycles. The lowest BCUT2D eigenvalue weighted by atomic mass is 9.95. The van der Waals surface area contributed by atoms with Crippen LogP contribution in [0.1, 0.15) is 62.5 Å². The predicted molar refractivity (Wildman–Crippen MR) is 105 cm³/mol. The summed E-state index contributed by atoms with van der Waals surface area (Å²) in [6.07, 6.45) is 9.31. The summed E-state index contributed by atoms with van der Waals surface area (Å²) in [7, 11) is 0. The van der Waals surface area contributed by atoms with E-state index in [1.54, 1.807) is 0 Å². The lowest BCUT2D eigenvalue weighted by Gasteiger charge is -2.26.